The van der Waals surface area contributed by atoms with E-state index in [0.717, 1.165) is 0 Å². The second-order valence-corrected chi connectivity index (χ2v) is 2.54. The number of rotatable bonds is 0. The van der Waals surface area contributed by atoms with Crippen LogP contribution in [0.3, 0.4) is 0 Å². The number of aromatic nitrogens is 2. The number of halogens is 1. The molecule has 0 atom stereocenters. The Morgan fingerprint density at radius 2 is 1.90 bits per heavy atom. The number of hydrogen-bond acceptors (Lipinski definition) is 4. The van der Waals surface area contributed by atoms with Crippen molar-refractivity contribution < 1.29 is 10.2 Å². The van der Waals surface area contributed by atoms with E-state index in [9.17, 15) is 0 Å². The molecule has 0 saturated heterocycles. The van der Waals surface area contributed by atoms with Gasteiger partial charge in [-0.1, -0.05) is 0 Å². The molecule has 0 aliphatic rings. The third-order valence-corrected chi connectivity index (χ3v) is 1.92. The molecule has 0 aromatic carbocycles. The minimum atomic E-state index is -0.418. The van der Waals surface area contributed by atoms with Crippen LogP contribution in [-0.2, 0) is 0 Å². The molecular weight excluding hydrogens is 200 g/mol. The van der Waals surface area contributed by atoms with Gasteiger partial charge in [0.25, 0.3) is 0 Å². The van der Waals surface area contributed by atoms with Crippen LogP contribution in [0.5, 0.6) is 11.9 Å². The van der Waals surface area contributed by atoms with Crippen LogP contribution in [0.15, 0.2) is 4.47 Å². The molecule has 0 aliphatic carbocycles. The van der Waals surface area contributed by atoms with Crippen LogP contribution >= 0.6 is 15.9 Å². The Bertz CT molecular complexity index is 241. The highest BCUT2D eigenvalue weighted by Gasteiger charge is 2.05. The summed E-state index contributed by atoms with van der Waals surface area (Å²) in [6.07, 6.45) is 0. The van der Waals surface area contributed by atoms with Gasteiger partial charge in [0, 0.05) is 0 Å². The van der Waals surface area contributed by atoms with Crippen molar-refractivity contribution in [2.75, 3.05) is 0 Å². The molecule has 0 bridgehead atoms. The van der Waals surface area contributed by atoms with Crippen LogP contribution in [-0.4, -0.2) is 20.2 Å². The fourth-order valence-corrected chi connectivity index (χ4v) is 0.707. The minimum absolute atomic E-state index is 0.245. The first kappa shape index (κ1) is 7.27. The second kappa shape index (κ2) is 2.42. The summed E-state index contributed by atoms with van der Waals surface area (Å²) < 4.78 is 0.408. The summed E-state index contributed by atoms with van der Waals surface area (Å²) in [7, 11) is 0. The molecule has 2 N–H and O–H groups in total. The minimum Gasteiger partial charge on any atom is -0.492 e. The molecule has 0 spiro atoms. The Morgan fingerprint density at radius 1 is 1.30 bits per heavy atom. The highest BCUT2D eigenvalue weighted by molar-refractivity contribution is 9.10. The zero-order chi connectivity index (χ0) is 7.72. The summed E-state index contributed by atoms with van der Waals surface area (Å²) in [4.78, 5) is 6.86. The van der Waals surface area contributed by atoms with Gasteiger partial charge in [-0.15, -0.1) is 0 Å². The topological polar surface area (TPSA) is 66.2 Å². The van der Waals surface area contributed by atoms with E-state index in [2.05, 4.69) is 25.9 Å². The molecular formula is C5H5BrN2O2. The third-order valence-electron chi connectivity index (χ3n) is 0.988. The Balaban J connectivity index is 3.31. The van der Waals surface area contributed by atoms with Gasteiger partial charge in [0.2, 0.25) is 5.88 Å². The largest absolute Gasteiger partial charge is 0.492 e. The highest BCUT2D eigenvalue weighted by atomic mass is 79.9. The molecule has 1 aromatic rings. The zero-order valence-electron chi connectivity index (χ0n) is 5.17. The standard InChI is InChI=1S/C5H5BrN2O2/c1-2-3(6)4(9)8-5(10)7-2/h1H3,(H2,7,8,9,10). The van der Waals surface area contributed by atoms with Crippen molar-refractivity contribution in [2.45, 2.75) is 6.92 Å². The Hall–Kier alpha value is -0.840. The van der Waals surface area contributed by atoms with Gasteiger partial charge in [-0.25, -0.2) is 0 Å². The lowest BCUT2D eigenvalue weighted by atomic mass is 10.4. The number of nitrogens with zero attached hydrogens (tertiary/aromatic N) is 2. The fourth-order valence-electron chi connectivity index (χ4n) is 0.530. The van der Waals surface area contributed by atoms with Gasteiger partial charge in [0.15, 0.2) is 0 Å². The first-order chi connectivity index (χ1) is 4.61. The Morgan fingerprint density at radius 3 is 2.40 bits per heavy atom. The normalized spacial score (nSPS) is 9.80. The molecule has 1 rings (SSSR count). The lowest BCUT2D eigenvalue weighted by Crippen LogP contribution is -1.87. The van der Waals surface area contributed by atoms with E-state index in [1.807, 2.05) is 0 Å². The predicted molar refractivity (Wildman–Crippen MR) is 37.8 cm³/mol. The maximum atomic E-state index is 8.92. The Labute approximate surface area is 65.7 Å². The van der Waals surface area contributed by atoms with Crippen LogP contribution in [0.4, 0.5) is 0 Å². The lowest BCUT2D eigenvalue weighted by Gasteiger charge is -1.98. The average molecular weight is 205 g/mol. The smallest absolute Gasteiger partial charge is 0.317 e. The van der Waals surface area contributed by atoms with Gasteiger partial charge >= 0.3 is 6.01 Å². The highest BCUT2D eigenvalue weighted by Crippen LogP contribution is 2.24. The van der Waals surface area contributed by atoms with Crippen molar-refractivity contribution in [2.24, 2.45) is 0 Å². The van der Waals surface area contributed by atoms with Gasteiger partial charge in [0.1, 0.15) is 4.47 Å². The predicted octanol–water partition coefficient (Wildman–Crippen LogP) is 0.959. The molecule has 10 heavy (non-hydrogen) atoms. The van der Waals surface area contributed by atoms with E-state index < -0.39 is 6.01 Å². The van der Waals surface area contributed by atoms with Crippen LogP contribution in [0.1, 0.15) is 5.69 Å². The molecule has 4 nitrogen and oxygen atoms in total. The number of aryl methyl sites for hydroxylation is 1. The SMILES string of the molecule is Cc1nc(O)nc(O)c1Br. The molecule has 54 valence electrons. The summed E-state index contributed by atoms with van der Waals surface area (Å²) in [5.74, 6) is -0.245. The number of hydrogen-bond donors (Lipinski definition) is 2. The quantitative estimate of drug-likeness (QED) is 0.661. The van der Waals surface area contributed by atoms with Crippen LogP contribution in [0, 0.1) is 6.92 Å². The molecule has 0 radical (unpaired) electrons. The zero-order valence-corrected chi connectivity index (χ0v) is 6.75. The van der Waals surface area contributed by atoms with Gasteiger partial charge < -0.3 is 10.2 Å². The first-order valence-corrected chi connectivity index (χ1v) is 3.32. The van der Waals surface area contributed by atoms with Crippen molar-refractivity contribution in [3.8, 4) is 11.9 Å². The number of aromatic hydroxyl groups is 2. The van der Waals surface area contributed by atoms with E-state index in [-0.39, 0.29) is 5.88 Å². The molecule has 0 amide bonds. The third kappa shape index (κ3) is 1.18. The summed E-state index contributed by atoms with van der Waals surface area (Å²) in [6, 6.07) is -0.418. The first-order valence-electron chi connectivity index (χ1n) is 2.53. The lowest BCUT2D eigenvalue weighted by molar-refractivity contribution is 0.393. The monoisotopic (exact) mass is 204 g/mol. The summed E-state index contributed by atoms with van der Waals surface area (Å²) in [5, 5.41) is 17.6. The van der Waals surface area contributed by atoms with Gasteiger partial charge in [-0.2, -0.15) is 9.97 Å². The van der Waals surface area contributed by atoms with Gasteiger partial charge in [-0.05, 0) is 22.9 Å². The summed E-state index contributed by atoms with van der Waals surface area (Å²) in [6.45, 7) is 1.64. The molecule has 5 heteroatoms. The molecule has 0 aliphatic heterocycles. The molecule has 0 saturated carbocycles. The van der Waals surface area contributed by atoms with E-state index in [1.54, 1.807) is 6.92 Å². The van der Waals surface area contributed by atoms with Gasteiger partial charge in [-0.3, -0.25) is 0 Å². The van der Waals surface area contributed by atoms with Crippen molar-refractivity contribution >= 4 is 15.9 Å². The fraction of sp³-hybridized carbons (Fsp3) is 0.200. The summed E-state index contributed by atoms with van der Waals surface area (Å²) >= 11 is 3.03. The van der Waals surface area contributed by atoms with E-state index in [1.165, 1.54) is 0 Å². The van der Waals surface area contributed by atoms with E-state index in [4.69, 9.17) is 10.2 Å². The maximum Gasteiger partial charge on any atom is 0.317 e. The second-order valence-electron chi connectivity index (χ2n) is 1.75. The van der Waals surface area contributed by atoms with Crippen LogP contribution in [0.25, 0.3) is 0 Å². The molecule has 1 heterocycles. The summed E-state index contributed by atoms with van der Waals surface area (Å²) in [5.41, 5.74) is 0.505. The molecule has 0 unspecified atom stereocenters. The van der Waals surface area contributed by atoms with Gasteiger partial charge in [0.05, 0.1) is 5.69 Å². The molecule has 0 fully saturated rings. The van der Waals surface area contributed by atoms with E-state index in [0.29, 0.717) is 10.2 Å². The average Bonchev–Trinajstić information content (AvgIpc) is 1.82. The van der Waals surface area contributed by atoms with Crippen molar-refractivity contribution in [3.63, 3.8) is 0 Å². The van der Waals surface area contributed by atoms with Crippen LogP contribution in [0.2, 0.25) is 0 Å². The van der Waals surface area contributed by atoms with Crippen molar-refractivity contribution in [1.29, 1.82) is 0 Å². The Kier molecular flexibility index (Phi) is 1.76. The molecule has 1 aromatic heterocycles. The maximum absolute atomic E-state index is 8.92. The van der Waals surface area contributed by atoms with Crippen molar-refractivity contribution in [3.05, 3.63) is 10.2 Å². The van der Waals surface area contributed by atoms with E-state index >= 15 is 0 Å². The van der Waals surface area contributed by atoms with Crippen LogP contribution < -0.4 is 0 Å². The van der Waals surface area contributed by atoms with Crippen molar-refractivity contribution in [1.82, 2.24) is 9.97 Å².